The van der Waals surface area contributed by atoms with Crippen LogP contribution < -0.4 is 5.32 Å². The van der Waals surface area contributed by atoms with Gasteiger partial charge in [-0.15, -0.1) is 0 Å². The van der Waals surface area contributed by atoms with Gasteiger partial charge in [0.25, 0.3) is 0 Å². The molecule has 0 aliphatic carbocycles. The van der Waals surface area contributed by atoms with Gasteiger partial charge in [-0.1, -0.05) is 0 Å². The first-order valence-electron chi connectivity index (χ1n) is 4.80. The lowest BCUT2D eigenvalue weighted by molar-refractivity contribution is -0.240. The number of piperazine rings is 1. The second-order valence-electron chi connectivity index (χ2n) is 4.34. The molecule has 1 heterocycles. The number of hydrogen-bond acceptors (Lipinski definition) is 4. The predicted octanol–water partition coefficient (Wildman–Crippen LogP) is -0.0174. The van der Waals surface area contributed by atoms with Crippen molar-refractivity contribution < 1.29 is 9.84 Å². The summed E-state index contributed by atoms with van der Waals surface area (Å²) < 4.78 is 5.43. The zero-order valence-electron chi connectivity index (χ0n) is 8.71. The lowest BCUT2D eigenvalue weighted by atomic mass is 10.2. The van der Waals surface area contributed by atoms with Gasteiger partial charge in [-0.2, -0.15) is 0 Å². The zero-order chi connectivity index (χ0) is 9.90. The molecule has 1 atom stereocenters. The van der Waals surface area contributed by atoms with Gasteiger partial charge in [0.15, 0.2) is 0 Å². The molecule has 0 spiro atoms. The summed E-state index contributed by atoms with van der Waals surface area (Å²) >= 11 is 0. The third-order valence-corrected chi connectivity index (χ3v) is 1.92. The van der Waals surface area contributed by atoms with E-state index in [1.807, 2.05) is 25.7 Å². The van der Waals surface area contributed by atoms with Crippen LogP contribution in [0.25, 0.3) is 0 Å². The number of rotatable bonds is 2. The Labute approximate surface area is 79.9 Å². The minimum absolute atomic E-state index is 0.287. The third-order valence-electron chi connectivity index (χ3n) is 1.92. The standard InChI is InChI=1S/C9H20N2O2/c1-9(2,3)13-8(12)11-6-4-10-5-7-11/h8,10,12H,4-7H2,1-3H3. The van der Waals surface area contributed by atoms with Gasteiger partial charge in [0.2, 0.25) is 6.41 Å². The van der Waals surface area contributed by atoms with Gasteiger partial charge < -0.3 is 15.2 Å². The van der Waals surface area contributed by atoms with Gasteiger partial charge >= 0.3 is 0 Å². The number of nitrogens with zero attached hydrogens (tertiary/aromatic N) is 1. The lowest BCUT2D eigenvalue weighted by Gasteiger charge is -2.34. The van der Waals surface area contributed by atoms with Crippen LogP contribution >= 0.6 is 0 Å². The van der Waals surface area contributed by atoms with Gasteiger partial charge in [-0.3, -0.25) is 4.90 Å². The van der Waals surface area contributed by atoms with E-state index in [2.05, 4.69) is 5.32 Å². The number of hydrogen-bond donors (Lipinski definition) is 2. The van der Waals surface area contributed by atoms with Gasteiger partial charge in [-0.05, 0) is 20.8 Å². The molecule has 0 aromatic rings. The molecule has 0 saturated carbocycles. The first kappa shape index (κ1) is 10.9. The highest BCUT2D eigenvalue weighted by Crippen LogP contribution is 2.12. The molecule has 78 valence electrons. The molecule has 0 bridgehead atoms. The van der Waals surface area contributed by atoms with Crippen molar-refractivity contribution in [2.24, 2.45) is 0 Å². The van der Waals surface area contributed by atoms with E-state index in [1.54, 1.807) is 0 Å². The molecule has 0 aromatic carbocycles. The van der Waals surface area contributed by atoms with Crippen molar-refractivity contribution in [1.82, 2.24) is 10.2 Å². The van der Waals surface area contributed by atoms with Crippen LogP contribution in [0.1, 0.15) is 20.8 Å². The molecule has 2 N–H and O–H groups in total. The number of ether oxygens (including phenoxy) is 1. The van der Waals surface area contributed by atoms with E-state index in [1.165, 1.54) is 0 Å². The highest BCUT2D eigenvalue weighted by atomic mass is 16.6. The molecule has 0 aromatic heterocycles. The summed E-state index contributed by atoms with van der Waals surface area (Å²) in [5.41, 5.74) is -0.287. The van der Waals surface area contributed by atoms with E-state index < -0.39 is 6.41 Å². The van der Waals surface area contributed by atoms with Crippen LogP contribution in [0.3, 0.4) is 0 Å². The molecule has 1 aliphatic rings. The second kappa shape index (κ2) is 4.37. The molecular formula is C9H20N2O2. The zero-order valence-corrected chi connectivity index (χ0v) is 8.71. The summed E-state index contributed by atoms with van der Waals surface area (Å²) in [6, 6.07) is 0. The Morgan fingerprint density at radius 1 is 1.31 bits per heavy atom. The van der Waals surface area contributed by atoms with Crippen molar-refractivity contribution >= 4 is 0 Å². The summed E-state index contributed by atoms with van der Waals surface area (Å²) in [5.74, 6) is 0. The van der Waals surface area contributed by atoms with Crippen molar-refractivity contribution in [3.05, 3.63) is 0 Å². The Hall–Kier alpha value is -0.160. The Bertz CT molecular complexity index is 150. The third kappa shape index (κ3) is 4.04. The highest BCUT2D eigenvalue weighted by Gasteiger charge is 2.23. The van der Waals surface area contributed by atoms with E-state index in [9.17, 15) is 5.11 Å². The maximum atomic E-state index is 9.69. The quantitative estimate of drug-likeness (QED) is 0.598. The summed E-state index contributed by atoms with van der Waals surface area (Å²) in [5, 5.41) is 12.9. The largest absolute Gasteiger partial charge is 0.356 e. The fourth-order valence-corrected chi connectivity index (χ4v) is 1.29. The summed E-state index contributed by atoms with van der Waals surface area (Å²) in [4.78, 5) is 1.93. The Morgan fingerprint density at radius 2 is 1.85 bits per heavy atom. The maximum Gasteiger partial charge on any atom is 0.216 e. The Morgan fingerprint density at radius 3 is 2.31 bits per heavy atom. The van der Waals surface area contributed by atoms with Gasteiger partial charge in [0.05, 0.1) is 5.60 Å². The fourth-order valence-electron chi connectivity index (χ4n) is 1.29. The maximum absolute atomic E-state index is 9.69. The minimum atomic E-state index is -0.762. The van der Waals surface area contributed by atoms with Crippen molar-refractivity contribution in [2.75, 3.05) is 26.2 Å². The molecule has 13 heavy (non-hydrogen) atoms. The summed E-state index contributed by atoms with van der Waals surface area (Å²) in [6.45, 7) is 9.36. The van der Waals surface area contributed by atoms with Crippen LogP contribution in [0, 0.1) is 0 Å². The molecule has 1 rings (SSSR count). The van der Waals surface area contributed by atoms with Crippen molar-refractivity contribution in [3.8, 4) is 0 Å². The topological polar surface area (TPSA) is 44.7 Å². The van der Waals surface area contributed by atoms with Crippen LogP contribution in [0.2, 0.25) is 0 Å². The highest BCUT2D eigenvalue weighted by molar-refractivity contribution is 4.68. The Kier molecular flexibility index (Phi) is 3.67. The van der Waals surface area contributed by atoms with Gasteiger partial charge in [-0.25, -0.2) is 0 Å². The first-order valence-corrected chi connectivity index (χ1v) is 4.80. The average molecular weight is 188 g/mol. The van der Waals surface area contributed by atoms with E-state index in [0.717, 1.165) is 26.2 Å². The molecular weight excluding hydrogens is 168 g/mol. The molecule has 1 aliphatic heterocycles. The second-order valence-corrected chi connectivity index (χ2v) is 4.34. The molecule has 0 radical (unpaired) electrons. The molecule has 0 amide bonds. The van der Waals surface area contributed by atoms with E-state index in [4.69, 9.17) is 4.74 Å². The van der Waals surface area contributed by atoms with Crippen LogP contribution in [-0.2, 0) is 4.74 Å². The van der Waals surface area contributed by atoms with Crippen LogP contribution in [-0.4, -0.2) is 48.2 Å². The van der Waals surface area contributed by atoms with Crippen molar-refractivity contribution in [2.45, 2.75) is 32.8 Å². The smallest absolute Gasteiger partial charge is 0.216 e. The SMILES string of the molecule is CC(C)(C)OC(O)N1CCNCC1. The van der Waals surface area contributed by atoms with Crippen LogP contribution in [0.15, 0.2) is 0 Å². The van der Waals surface area contributed by atoms with E-state index in [0.29, 0.717) is 0 Å². The van der Waals surface area contributed by atoms with E-state index >= 15 is 0 Å². The normalized spacial score (nSPS) is 23.1. The predicted molar refractivity (Wildman–Crippen MR) is 51.3 cm³/mol. The summed E-state index contributed by atoms with van der Waals surface area (Å²) in [6.07, 6.45) is -0.762. The van der Waals surface area contributed by atoms with Crippen molar-refractivity contribution in [3.63, 3.8) is 0 Å². The van der Waals surface area contributed by atoms with Crippen molar-refractivity contribution in [1.29, 1.82) is 0 Å². The molecule has 4 heteroatoms. The van der Waals surface area contributed by atoms with Gasteiger partial charge in [0, 0.05) is 26.2 Å². The molecule has 1 fully saturated rings. The Balaban J connectivity index is 2.33. The van der Waals surface area contributed by atoms with E-state index in [-0.39, 0.29) is 5.60 Å². The van der Waals surface area contributed by atoms with Gasteiger partial charge in [0.1, 0.15) is 0 Å². The fraction of sp³-hybridized carbons (Fsp3) is 1.00. The van der Waals surface area contributed by atoms with Crippen LogP contribution in [0.5, 0.6) is 0 Å². The van der Waals surface area contributed by atoms with Crippen LogP contribution in [0.4, 0.5) is 0 Å². The first-order chi connectivity index (χ1) is 5.99. The molecule has 1 saturated heterocycles. The number of nitrogens with one attached hydrogen (secondary N) is 1. The molecule has 1 unspecified atom stereocenters. The summed E-state index contributed by atoms with van der Waals surface area (Å²) in [7, 11) is 0. The lowest BCUT2D eigenvalue weighted by Crippen LogP contribution is -2.51. The average Bonchev–Trinajstić information content (AvgIpc) is 2.03. The monoisotopic (exact) mass is 188 g/mol. The number of aliphatic hydroxyl groups is 1. The minimum Gasteiger partial charge on any atom is -0.356 e. The molecule has 4 nitrogen and oxygen atoms in total. The number of aliphatic hydroxyl groups excluding tert-OH is 1.